The van der Waals surface area contributed by atoms with Gasteiger partial charge in [0.15, 0.2) is 6.61 Å². The molecule has 1 atom stereocenters. The second-order valence-corrected chi connectivity index (χ2v) is 11.0. The third kappa shape index (κ3) is 8.36. The van der Waals surface area contributed by atoms with E-state index in [1.165, 1.54) is 30.2 Å². The van der Waals surface area contributed by atoms with Crippen molar-refractivity contribution in [1.29, 1.82) is 0 Å². The minimum absolute atomic E-state index is 0.00330. The second-order valence-electron chi connectivity index (χ2n) is 10.2. The van der Waals surface area contributed by atoms with Gasteiger partial charge in [-0.2, -0.15) is 0 Å². The van der Waals surface area contributed by atoms with Crippen molar-refractivity contribution in [2.75, 3.05) is 13.7 Å². The van der Waals surface area contributed by atoms with Gasteiger partial charge >= 0.3 is 5.69 Å². The fourth-order valence-corrected chi connectivity index (χ4v) is 5.53. The van der Waals surface area contributed by atoms with Crippen LogP contribution in [0.1, 0.15) is 43.2 Å². The zero-order valence-corrected chi connectivity index (χ0v) is 24.8. The Morgan fingerprint density at radius 3 is 2.45 bits per heavy atom. The molecule has 0 spiro atoms. The van der Waals surface area contributed by atoms with E-state index in [-0.39, 0.29) is 42.1 Å². The lowest BCUT2D eigenvalue weighted by molar-refractivity contribution is -0.385. The van der Waals surface area contributed by atoms with Crippen LogP contribution in [-0.2, 0) is 22.6 Å². The summed E-state index contributed by atoms with van der Waals surface area (Å²) in [5, 5.41) is 15.3. The van der Waals surface area contributed by atoms with E-state index >= 15 is 0 Å². The molecule has 222 valence electrons. The Kier molecular flexibility index (Phi) is 11.0. The van der Waals surface area contributed by atoms with E-state index < -0.39 is 23.5 Å². The van der Waals surface area contributed by atoms with Gasteiger partial charge in [-0.15, -0.1) is 0 Å². The molecule has 0 saturated heterocycles. The third-order valence-corrected chi connectivity index (χ3v) is 7.88. The molecule has 4 rings (SSSR count). The van der Waals surface area contributed by atoms with Crippen LogP contribution in [0.4, 0.5) is 5.69 Å². The highest BCUT2D eigenvalue weighted by Gasteiger charge is 2.32. The van der Waals surface area contributed by atoms with Crippen LogP contribution in [0, 0.1) is 10.1 Å². The van der Waals surface area contributed by atoms with Crippen molar-refractivity contribution >= 4 is 40.7 Å². The van der Waals surface area contributed by atoms with Gasteiger partial charge in [0.1, 0.15) is 11.8 Å². The van der Waals surface area contributed by atoms with E-state index in [9.17, 15) is 19.7 Å². The topological polar surface area (TPSA) is 111 Å². The number of nitrogens with one attached hydrogen (secondary N) is 1. The molecule has 1 aliphatic rings. The van der Waals surface area contributed by atoms with Crippen molar-refractivity contribution in [2.45, 2.75) is 57.2 Å². The minimum atomic E-state index is -0.858. The number of hydrogen-bond donors (Lipinski definition) is 1. The Balaban J connectivity index is 1.64. The van der Waals surface area contributed by atoms with Gasteiger partial charge in [0.05, 0.1) is 12.0 Å². The second kappa shape index (κ2) is 14.9. The third-order valence-electron chi connectivity index (χ3n) is 7.29. The zero-order chi connectivity index (χ0) is 30.1. The molecule has 1 fully saturated rings. The molecule has 0 unspecified atom stereocenters. The van der Waals surface area contributed by atoms with Crippen LogP contribution in [0.25, 0.3) is 0 Å². The summed E-state index contributed by atoms with van der Waals surface area (Å²) in [6, 6.07) is 17.7. The molecule has 42 heavy (non-hydrogen) atoms. The summed E-state index contributed by atoms with van der Waals surface area (Å²) < 4.78 is 10.9. The summed E-state index contributed by atoms with van der Waals surface area (Å²) in [5.74, 6) is -0.496. The zero-order valence-electron chi connectivity index (χ0n) is 23.3. The van der Waals surface area contributed by atoms with Crippen molar-refractivity contribution in [1.82, 2.24) is 10.2 Å². The highest BCUT2D eigenvalue weighted by Crippen LogP contribution is 2.31. The monoisotopic (exact) mass is 613 g/mol. The Morgan fingerprint density at radius 1 is 1.05 bits per heavy atom. The number of ether oxygens (including phenoxy) is 2. The highest BCUT2D eigenvalue weighted by molar-refractivity contribution is 6.35. The Morgan fingerprint density at radius 2 is 1.79 bits per heavy atom. The molecule has 0 radical (unpaired) electrons. The van der Waals surface area contributed by atoms with Crippen LogP contribution in [0.5, 0.6) is 11.5 Å². The Labute approximate surface area is 254 Å². The van der Waals surface area contributed by atoms with Gasteiger partial charge in [-0.1, -0.05) is 78.9 Å². The molecular formula is C31H33Cl2N3O6. The number of carbonyl (C=O) groups is 2. The first kappa shape index (κ1) is 31.1. The molecule has 0 aromatic heterocycles. The number of carbonyl (C=O) groups excluding carboxylic acids is 2. The maximum absolute atomic E-state index is 13.9. The number of nitro benzene ring substituents is 1. The maximum Gasteiger partial charge on any atom is 0.311 e. The highest BCUT2D eigenvalue weighted by atomic mass is 35.5. The molecule has 3 aromatic rings. The van der Waals surface area contributed by atoms with Crippen LogP contribution in [0.2, 0.25) is 10.0 Å². The molecule has 2 amide bonds. The van der Waals surface area contributed by atoms with Crippen LogP contribution in [0.3, 0.4) is 0 Å². The Bertz CT molecular complexity index is 1400. The first-order valence-electron chi connectivity index (χ1n) is 13.8. The van der Waals surface area contributed by atoms with Crippen LogP contribution < -0.4 is 14.8 Å². The van der Waals surface area contributed by atoms with Gasteiger partial charge < -0.3 is 19.7 Å². The fourth-order valence-electron chi connectivity index (χ4n) is 5.06. The van der Waals surface area contributed by atoms with E-state index in [4.69, 9.17) is 32.7 Å². The summed E-state index contributed by atoms with van der Waals surface area (Å²) in [6.45, 7) is -0.383. The molecule has 1 N–H and O–H groups in total. The molecule has 1 aliphatic carbocycles. The molecule has 11 heteroatoms. The van der Waals surface area contributed by atoms with Crippen LogP contribution in [-0.4, -0.2) is 47.4 Å². The maximum atomic E-state index is 13.9. The number of rotatable bonds is 12. The lowest BCUT2D eigenvalue weighted by Gasteiger charge is -2.33. The van der Waals surface area contributed by atoms with E-state index in [0.717, 1.165) is 37.7 Å². The predicted octanol–water partition coefficient (Wildman–Crippen LogP) is 6.38. The number of methoxy groups -OCH3 is 1. The smallest absolute Gasteiger partial charge is 0.311 e. The van der Waals surface area contributed by atoms with Gasteiger partial charge in [-0.3, -0.25) is 19.7 Å². The summed E-state index contributed by atoms with van der Waals surface area (Å²) in [4.78, 5) is 39.9. The quantitative estimate of drug-likeness (QED) is 0.187. The molecule has 0 aliphatic heterocycles. The lowest BCUT2D eigenvalue weighted by atomic mass is 9.94. The van der Waals surface area contributed by atoms with E-state index in [2.05, 4.69) is 5.32 Å². The van der Waals surface area contributed by atoms with E-state index in [0.29, 0.717) is 15.6 Å². The SMILES string of the molecule is COc1cc(OCC(=O)N(Cc2ccc(Cl)cc2Cl)[C@H](Cc2ccccc2)C(=O)NC2CCCCC2)ccc1[N+](=O)[O-]. The summed E-state index contributed by atoms with van der Waals surface area (Å²) >= 11 is 12.6. The number of benzene rings is 3. The predicted molar refractivity (Wildman–Crippen MR) is 161 cm³/mol. The molecule has 0 heterocycles. The van der Waals surface area contributed by atoms with Crippen molar-refractivity contribution in [3.8, 4) is 11.5 Å². The lowest BCUT2D eigenvalue weighted by Crippen LogP contribution is -2.53. The van der Waals surface area contributed by atoms with Crippen molar-refractivity contribution < 1.29 is 24.0 Å². The number of nitrogens with zero attached hydrogens (tertiary/aromatic N) is 2. The molecule has 0 bridgehead atoms. The van der Waals surface area contributed by atoms with Gasteiger partial charge in [-0.05, 0) is 42.2 Å². The first-order chi connectivity index (χ1) is 20.2. The fraction of sp³-hybridized carbons (Fsp3) is 0.355. The van der Waals surface area contributed by atoms with E-state index in [1.54, 1.807) is 18.2 Å². The molecule has 3 aromatic carbocycles. The number of nitro groups is 1. The average Bonchev–Trinajstić information content (AvgIpc) is 2.99. The number of hydrogen-bond acceptors (Lipinski definition) is 6. The van der Waals surface area contributed by atoms with E-state index in [1.807, 2.05) is 30.3 Å². The van der Waals surface area contributed by atoms with Crippen molar-refractivity contribution in [2.24, 2.45) is 0 Å². The van der Waals surface area contributed by atoms with Crippen LogP contribution >= 0.6 is 23.2 Å². The summed E-state index contributed by atoms with van der Waals surface area (Å²) in [7, 11) is 1.31. The largest absolute Gasteiger partial charge is 0.490 e. The molecule has 1 saturated carbocycles. The van der Waals surface area contributed by atoms with Gasteiger partial charge in [0.2, 0.25) is 11.7 Å². The molecule has 9 nitrogen and oxygen atoms in total. The van der Waals surface area contributed by atoms with Crippen LogP contribution in [0.15, 0.2) is 66.7 Å². The summed E-state index contributed by atoms with van der Waals surface area (Å²) in [5.41, 5.74) is 1.29. The van der Waals surface area contributed by atoms with Gasteiger partial charge in [-0.25, -0.2) is 0 Å². The standard InChI is InChI=1S/C31H33Cl2N3O6/c1-41-29-18-25(14-15-27(29)36(39)40)42-20-30(37)35(19-22-12-13-23(32)17-26(22)33)28(16-21-8-4-2-5-9-21)31(38)34-24-10-6-3-7-11-24/h2,4-5,8-9,12-15,17-18,24,28H,3,6-7,10-11,16,19-20H2,1H3,(H,34,38)/t28-/m1/s1. The average molecular weight is 615 g/mol. The van der Waals surface area contributed by atoms with Crippen molar-refractivity contribution in [3.05, 3.63) is 98.0 Å². The Hall–Kier alpha value is -3.82. The van der Waals surface area contributed by atoms with Gasteiger partial charge in [0.25, 0.3) is 5.91 Å². The first-order valence-corrected chi connectivity index (χ1v) is 14.5. The molecular weight excluding hydrogens is 581 g/mol. The minimum Gasteiger partial charge on any atom is -0.490 e. The van der Waals surface area contributed by atoms with Crippen molar-refractivity contribution in [3.63, 3.8) is 0 Å². The number of halogens is 2. The summed E-state index contributed by atoms with van der Waals surface area (Å²) in [6.07, 6.45) is 5.30. The number of amides is 2. The van der Waals surface area contributed by atoms with Gasteiger partial charge in [0, 0.05) is 41.2 Å². The normalized spacial score (nSPS) is 14.1.